The van der Waals surface area contributed by atoms with Crippen LogP contribution in [0.25, 0.3) is 0 Å². The molecule has 0 heterocycles. The topological polar surface area (TPSA) is 67.4 Å². The van der Waals surface area contributed by atoms with E-state index in [2.05, 4.69) is 10.6 Å². The quantitative estimate of drug-likeness (QED) is 0.801. The molecule has 1 atom stereocenters. The molecule has 5 nitrogen and oxygen atoms in total. The maximum atomic E-state index is 12.0. The third-order valence-electron chi connectivity index (χ3n) is 3.44. The Hall–Kier alpha value is -2.82. The van der Waals surface area contributed by atoms with Crippen molar-refractivity contribution in [3.63, 3.8) is 0 Å². The van der Waals surface area contributed by atoms with E-state index in [1.54, 1.807) is 24.3 Å². The highest BCUT2D eigenvalue weighted by atomic mass is 16.5. The first-order valence-corrected chi connectivity index (χ1v) is 7.99. The lowest BCUT2D eigenvalue weighted by Gasteiger charge is -2.14. The molecule has 2 N–H and O–H groups in total. The van der Waals surface area contributed by atoms with Gasteiger partial charge in [-0.2, -0.15) is 0 Å². The van der Waals surface area contributed by atoms with Gasteiger partial charge in [-0.25, -0.2) is 0 Å². The zero-order chi connectivity index (χ0) is 17.4. The van der Waals surface area contributed by atoms with E-state index >= 15 is 0 Å². The number of anilines is 1. The number of carbonyl (C=O) groups is 2. The van der Waals surface area contributed by atoms with E-state index in [1.807, 2.05) is 44.2 Å². The third-order valence-corrected chi connectivity index (χ3v) is 3.44. The molecule has 0 aliphatic carbocycles. The lowest BCUT2D eigenvalue weighted by Crippen LogP contribution is -2.36. The van der Waals surface area contributed by atoms with Crippen LogP contribution in [0.15, 0.2) is 54.6 Å². The van der Waals surface area contributed by atoms with E-state index in [4.69, 9.17) is 4.74 Å². The Balaban J connectivity index is 1.88. The van der Waals surface area contributed by atoms with Gasteiger partial charge in [0.2, 0.25) is 0 Å². The molecule has 0 aromatic heterocycles. The molecule has 24 heavy (non-hydrogen) atoms. The van der Waals surface area contributed by atoms with Crippen LogP contribution in [0.3, 0.4) is 0 Å². The van der Waals surface area contributed by atoms with Gasteiger partial charge in [0.1, 0.15) is 5.75 Å². The van der Waals surface area contributed by atoms with Gasteiger partial charge < -0.3 is 15.4 Å². The molecule has 0 unspecified atom stereocenters. The molecule has 0 radical (unpaired) electrons. The molecule has 0 saturated carbocycles. The molecule has 126 valence electrons. The molecule has 0 fully saturated rings. The van der Waals surface area contributed by atoms with Crippen LogP contribution in [0.2, 0.25) is 0 Å². The van der Waals surface area contributed by atoms with Crippen molar-refractivity contribution >= 4 is 17.5 Å². The van der Waals surface area contributed by atoms with Crippen molar-refractivity contribution in [2.75, 3.05) is 11.9 Å². The first kappa shape index (κ1) is 17.5. The number of nitrogens with one attached hydrogen (secondary N) is 2. The van der Waals surface area contributed by atoms with E-state index in [9.17, 15) is 9.59 Å². The second kappa shape index (κ2) is 8.72. The maximum Gasteiger partial charge on any atom is 0.313 e. The fourth-order valence-corrected chi connectivity index (χ4v) is 2.13. The smallest absolute Gasteiger partial charge is 0.313 e. The van der Waals surface area contributed by atoms with Gasteiger partial charge in [0.25, 0.3) is 0 Å². The summed E-state index contributed by atoms with van der Waals surface area (Å²) in [7, 11) is 0. The molecule has 0 spiro atoms. The second-order valence-corrected chi connectivity index (χ2v) is 5.43. The van der Waals surface area contributed by atoms with Gasteiger partial charge in [-0.05, 0) is 43.2 Å². The highest BCUT2D eigenvalue weighted by Crippen LogP contribution is 2.16. The normalized spacial score (nSPS) is 11.4. The monoisotopic (exact) mass is 326 g/mol. The number of ether oxygens (including phenoxy) is 1. The zero-order valence-electron chi connectivity index (χ0n) is 13.9. The van der Waals surface area contributed by atoms with Gasteiger partial charge in [-0.1, -0.05) is 37.3 Å². The minimum atomic E-state index is -0.694. The largest absolute Gasteiger partial charge is 0.494 e. The minimum absolute atomic E-state index is 0.241. The average molecular weight is 326 g/mol. The number of rotatable bonds is 6. The predicted molar refractivity (Wildman–Crippen MR) is 93.9 cm³/mol. The predicted octanol–water partition coefficient (Wildman–Crippen LogP) is 3.29. The van der Waals surface area contributed by atoms with E-state index in [0.29, 0.717) is 12.3 Å². The summed E-state index contributed by atoms with van der Waals surface area (Å²) in [5.41, 5.74) is 1.49. The van der Waals surface area contributed by atoms with Crippen LogP contribution >= 0.6 is 0 Å². The van der Waals surface area contributed by atoms with Gasteiger partial charge in [-0.3, -0.25) is 9.59 Å². The van der Waals surface area contributed by atoms with Crippen LogP contribution < -0.4 is 15.4 Å². The lowest BCUT2D eigenvalue weighted by atomic mass is 10.1. The Morgan fingerprint density at radius 2 is 1.67 bits per heavy atom. The molecule has 2 amide bonds. The van der Waals surface area contributed by atoms with Crippen LogP contribution in [0.1, 0.15) is 31.9 Å². The van der Waals surface area contributed by atoms with Gasteiger partial charge >= 0.3 is 11.8 Å². The molecular weight excluding hydrogens is 304 g/mol. The Morgan fingerprint density at radius 3 is 2.29 bits per heavy atom. The fourth-order valence-electron chi connectivity index (χ4n) is 2.13. The number of carbonyl (C=O) groups excluding carboxylic acids is 2. The Morgan fingerprint density at radius 1 is 1.00 bits per heavy atom. The van der Waals surface area contributed by atoms with E-state index in [0.717, 1.165) is 17.7 Å². The number of benzene rings is 2. The van der Waals surface area contributed by atoms with Crippen LogP contribution in [-0.4, -0.2) is 18.4 Å². The molecule has 5 heteroatoms. The molecule has 0 aliphatic heterocycles. The second-order valence-electron chi connectivity index (χ2n) is 5.43. The van der Waals surface area contributed by atoms with Gasteiger partial charge in [0.05, 0.1) is 12.6 Å². The molecule has 0 aliphatic rings. The zero-order valence-corrected chi connectivity index (χ0v) is 13.9. The molecule has 2 aromatic carbocycles. The summed E-state index contributed by atoms with van der Waals surface area (Å²) in [6.07, 6.45) is 0.929. The molecule has 0 bridgehead atoms. The molecule has 2 aromatic rings. The van der Waals surface area contributed by atoms with Crippen molar-refractivity contribution in [1.29, 1.82) is 0 Å². The highest BCUT2D eigenvalue weighted by molar-refractivity contribution is 6.39. The van der Waals surface area contributed by atoms with Crippen molar-refractivity contribution in [2.45, 2.75) is 26.3 Å². The highest BCUT2D eigenvalue weighted by Gasteiger charge is 2.17. The Labute approximate surface area is 142 Å². The van der Waals surface area contributed by atoms with Crippen LogP contribution in [0.5, 0.6) is 5.75 Å². The summed E-state index contributed by atoms with van der Waals surface area (Å²) < 4.78 is 5.47. The van der Waals surface area contributed by atoms with Gasteiger partial charge in [0.15, 0.2) is 0 Å². The number of hydrogen-bond acceptors (Lipinski definition) is 3. The Kier molecular flexibility index (Phi) is 6.37. The van der Waals surface area contributed by atoms with Crippen LogP contribution in [0.4, 0.5) is 5.69 Å². The average Bonchev–Trinajstić information content (AvgIpc) is 2.61. The van der Waals surface area contributed by atoms with Crippen molar-refractivity contribution in [3.8, 4) is 5.75 Å². The van der Waals surface area contributed by atoms with Crippen LogP contribution in [0, 0.1) is 0 Å². The first-order chi connectivity index (χ1) is 11.6. The van der Waals surface area contributed by atoms with Crippen molar-refractivity contribution in [3.05, 3.63) is 60.2 Å². The van der Waals surface area contributed by atoms with Gasteiger partial charge in [0, 0.05) is 5.69 Å². The first-order valence-electron chi connectivity index (χ1n) is 7.99. The van der Waals surface area contributed by atoms with E-state index < -0.39 is 11.8 Å². The van der Waals surface area contributed by atoms with Crippen LogP contribution in [-0.2, 0) is 9.59 Å². The maximum absolute atomic E-state index is 12.0. The van der Waals surface area contributed by atoms with E-state index in [1.165, 1.54) is 0 Å². The standard InChI is InChI=1S/C19H22N2O3/c1-3-13-24-17-11-9-16(10-12-17)21-19(23)18(22)20-14(2)15-7-5-4-6-8-15/h4-12,14H,3,13H2,1-2H3,(H,20,22)(H,21,23)/t14-/m0/s1. The number of hydrogen-bond donors (Lipinski definition) is 2. The van der Waals surface area contributed by atoms with Gasteiger partial charge in [-0.15, -0.1) is 0 Å². The van der Waals surface area contributed by atoms with E-state index in [-0.39, 0.29) is 6.04 Å². The molecule has 0 saturated heterocycles. The molecule has 2 rings (SSSR count). The fraction of sp³-hybridized carbons (Fsp3) is 0.263. The number of amides is 2. The molecular formula is C19H22N2O3. The minimum Gasteiger partial charge on any atom is -0.494 e. The SMILES string of the molecule is CCCOc1ccc(NC(=O)C(=O)N[C@@H](C)c2ccccc2)cc1. The summed E-state index contributed by atoms with van der Waals surface area (Å²) in [4.78, 5) is 24.0. The lowest BCUT2D eigenvalue weighted by molar-refractivity contribution is -0.136. The summed E-state index contributed by atoms with van der Waals surface area (Å²) in [5, 5.41) is 5.26. The third kappa shape index (κ3) is 5.12. The Bertz CT molecular complexity index is 669. The summed E-state index contributed by atoms with van der Waals surface area (Å²) in [6, 6.07) is 16.2. The summed E-state index contributed by atoms with van der Waals surface area (Å²) in [6.45, 7) is 4.51. The summed E-state index contributed by atoms with van der Waals surface area (Å²) >= 11 is 0. The van der Waals surface area contributed by atoms with Crippen molar-refractivity contribution < 1.29 is 14.3 Å². The summed E-state index contributed by atoms with van der Waals surface area (Å²) in [5.74, 6) is -0.630. The van der Waals surface area contributed by atoms with Crippen molar-refractivity contribution in [1.82, 2.24) is 5.32 Å². The van der Waals surface area contributed by atoms with Crippen molar-refractivity contribution in [2.24, 2.45) is 0 Å².